The molecule has 1 aromatic carbocycles. The van der Waals surface area contributed by atoms with Crippen molar-refractivity contribution < 1.29 is 19.1 Å². The molecule has 4 nitrogen and oxygen atoms in total. The number of aryl methyl sites for hydroxylation is 1. The van der Waals surface area contributed by atoms with E-state index in [1.54, 1.807) is 13.8 Å². The van der Waals surface area contributed by atoms with Gasteiger partial charge in [0.1, 0.15) is 0 Å². The third-order valence-corrected chi connectivity index (χ3v) is 5.10. The zero-order valence-corrected chi connectivity index (χ0v) is 15.8. The highest BCUT2D eigenvalue weighted by atomic mass is 16.6. The van der Waals surface area contributed by atoms with Crippen molar-refractivity contribution in [1.29, 1.82) is 0 Å². The van der Waals surface area contributed by atoms with E-state index in [1.807, 2.05) is 12.1 Å². The fourth-order valence-electron chi connectivity index (χ4n) is 3.82. The first-order valence-electron chi connectivity index (χ1n) is 8.97. The van der Waals surface area contributed by atoms with Crippen LogP contribution in [0.15, 0.2) is 29.8 Å². The van der Waals surface area contributed by atoms with Crippen LogP contribution in [0.5, 0.6) is 0 Å². The Kier molecular flexibility index (Phi) is 6.04. The summed E-state index contributed by atoms with van der Waals surface area (Å²) < 4.78 is 10.5. The number of rotatable bonds is 5. The fraction of sp³-hybridized carbons (Fsp3) is 0.524. The molecule has 1 unspecified atom stereocenters. The van der Waals surface area contributed by atoms with Crippen LogP contribution in [0.25, 0.3) is 5.57 Å². The average Bonchev–Trinajstić information content (AvgIpc) is 2.94. The molecule has 1 aromatic rings. The van der Waals surface area contributed by atoms with E-state index in [1.165, 1.54) is 5.56 Å². The van der Waals surface area contributed by atoms with Crippen LogP contribution in [0.1, 0.15) is 51.7 Å². The van der Waals surface area contributed by atoms with E-state index in [9.17, 15) is 9.59 Å². The summed E-state index contributed by atoms with van der Waals surface area (Å²) in [5.41, 5.74) is 3.40. The molecular weight excluding hydrogens is 316 g/mol. The highest BCUT2D eigenvalue weighted by molar-refractivity contribution is 6.01. The summed E-state index contributed by atoms with van der Waals surface area (Å²) in [6.45, 7) is 10.2. The molecule has 1 aliphatic rings. The van der Waals surface area contributed by atoms with Crippen LogP contribution < -0.4 is 0 Å². The molecule has 0 spiro atoms. The van der Waals surface area contributed by atoms with Gasteiger partial charge in [0.2, 0.25) is 0 Å². The molecule has 0 heterocycles. The van der Waals surface area contributed by atoms with Gasteiger partial charge in [-0.15, -0.1) is 0 Å². The van der Waals surface area contributed by atoms with Gasteiger partial charge in [-0.25, -0.2) is 0 Å². The zero-order chi connectivity index (χ0) is 18.6. The Hall–Kier alpha value is -2.10. The van der Waals surface area contributed by atoms with Gasteiger partial charge in [0.25, 0.3) is 0 Å². The highest BCUT2D eigenvalue weighted by Gasteiger charge is 2.55. The molecular formula is C21H28O4. The Balaban J connectivity index is 2.48. The van der Waals surface area contributed by atoms with Crippen molar-refractivity contribution in [1.82, 2.24) is 0 Å². The molecule has 4 heteroatoms. The van der Waals surface area contributed by atoms with Crippen LogP contribution in [0, 0.1) is 18.3 Å². The summed E-state index contributed by atoms with van der Waals surface area (Å²) in [5.74, 6) is -0.811. The minimum atomic E-state index is -1.22. The standard InChI is InChI=1S/C21H28O4/c1-6-24-19(22)21(20(23)25-7-2)12-15(4)18(13-21)16(5)17-11-9-8-10-14(17)3/h8-11,15H,6-7,12-13H2,1-5H3/b18-16-. The molecule has 0 N–H and O–H groups in total. The van der Waals surface area contributed by atoms with Gasteiger partial charge < -0.3 is 9.47 Å². The quantitative estimate of drug-likeness (QED) is 0.590. The lowest BCUT2D eigenvalue weighted by Gasteiger charge is -2.24. The lowest BCUT2D eigenvalue weighted by Crippen LogP contribution is -2.40. The predicted molar refractivity (Wildman–Crippen MR) is 97.9 cm³/mol. The monoisotopic (exact) mass is 344 g/mol. The van der Waals surface area contributed by atoms with Crippen molar-refractivity contribution in [3.05, 3.63) is 41.0 Å². The second kappa shape index (κ2) is 7.85. The first kappa shape index (κ1) is 19.2. The molecule has 2 rings (SSSR count). The number of carbonyl (C=O) groups is 2. The summed E-state index contributed by atoms with van der Waals surface area (Å²) >= 11 is 0. The molecule has 0 bridgehead atoms. The van der Waals surface area contributed by atoms with Crippen LogP contribution in [0.3, 0.4) is 0 Å². The summed E-state index contributed by atoms with van der Waals surface area (Å²) in [4.78, 5) is 25.3. The smallest absolute Gasteiger partial charge is 0.323 e. The molecule has 1 aliphatic carbocycles. The zero-order valence-electron chi connectivity index (χ0n) is 15.8. The maximum absolute atomic E-state index is 12.7. The predicted octanol–water partition coefficient (Wildman–Crippen LogP) is 4.31. The van der Waals surface area contributed by atoms with Crippen molar-refractivity contribution in [3.8, 4) is 0 Å². The minimum absolute atomic E-state index is 0.119. The van der Waals surface area contributed by atoms with Crippen LogP contribution >= 0.6 is 0 Å². The second-order valence-corrected chi connectivity index (χ2v) is 6.77. The van der Waals surface area contributed by atoms with Gasteiger partial charge in [0.05, 0.1) is 13.2 Å². The van der Waals surface area contributed by atoms with E-state index in [-0.39, 0.29) is 19.1 Å². The Labute approximate surface area is 150 Å². The number of hydrogen-bond acceptors (Lipinski definition) is 4. The third kappa shape index (κ3) is 3.63. The van der Waals surface area contributed by atoms with Crippen LogP contribution in [-0.4, -0.2) is 25.2 Å². The van der Waals surface area contributed by atoms with E-state index in [0.717, 1.165) is 16.7 Å². The van der Waals surface area contributed by atoms with Gasteiger partial charge in [0.15, 0.2) is 5.41 Å². The van der Waals surface area contributed by atoms with Crippen molar-refractivity contribution in [3.63, 3.8) is 0 Å². The molecule has 0 aliphatic heterocycles. The van der Waals surface area contributed by atoms with E-state index in [4.69, 9.17) is 9.47 Å². The van der Waals surface area contributed by atoms with E-state index in [0.29, 0.717) is 12.8 Å². The van der Waals surface area contributed by atoms with E-state index < -0.39 is 17.4 Å². The first-order valence-corrected chi connectivity index (χ1v) is 8.97. The van der Waals surface area contributed by atoms with Gasteiger partial charge in [-0.2, -0.15) is 0 Å². The number of esters is 2. The average molecular weight is 344 g/mol. The Morgan fingerprint density at radius 1 is 1.12 bits per heavy atom. The highest BCUT2D eigenvalue weighted by Crippen LogP contribution is 2.49. The number of ether oxygens (including phenoxy) is 2. The summed E-state index contributed by atoms with van der Waals surface area (Å²) in [6, 6.07) is 8.18. The lowest BCUT2D eigenvalue weighted by atomic mass is 9.85. The van der Waals surface area contributed by atoms with Crippen LogP contribution in [0.2, 0.25) is 0 Å². The maximum atomic E-state index is 12.7. The maximum Gasteiger partial charge on any atom is 0.323 e. The number of hydrogen-bond donors (Lipinski definition) is 0. The van der Waals surface area contributed by atoms with Crippen LogP contribution in [-0.2, 0) is 19.1 Å². The fourth-order valence-corrected chi connectivity index (χ4v) is 3.82. The third-order valence-electron chi connectivity index (χ3n) is 5.10. The lowest BCUT2D eigenvalue weighted by molar-refractivity contribution is -0.171. The van der Waals surface area contributed by atoms with Gasteiger partial charge in [-0.1, -0.05) is 36.8 Å². The Bertz CT molecular complexity index is 669. The number of carbonyl (C=O) groups excluding carboxylic acids is 2. The van der Waals surface area contributed by atoms with Gasteiger partial charge >= 0.3 is 11.9 Å². The molecule has 0 amide bonds. The Morgan fingerprint density at radius 2 is 1.68 bits per heavy atom. The molecule has 25 heavy (non-hydrogen) atoms. The normalized spacial score (nSPS) is 20.9. The number of benzene rings is 1. The van der Waals surface area contributed by atoms with E-state index in [2.05, 4.69) is 32.9 Å². The SMILES string of the molecule is CCOC(=O)C1(C(=O)OCC)C/C(=C(\C)c2ccccc2C)C(C)C1. The van der Waals surface area contributed by atoms with Crippen molar-refractivity contribution in [2.24, 2.45) is 11.3 Å². The number of allylic oxidation sites excluding steroid dienone is 2. The van der Waals surface area contributed by atoms with Crippen molar-refractivity contribution in [2.75, 3.05) is 13.2 Å². The largest absolute Gasteiger partial charge is 0.465 e. The van der Waals surface area contributed by atoms with Crippen molar-refractivity contribution >= 4 is 17.5 Å². The van der Waals surface area contributed by atoms with Crippen LogP contribution in [0.4, 0.5) is 0 Å². The topological polar surface area (TPSA) is 52.6 Å². The van der Waals surface area contributed by atoms with Gasteiger partial charge in [-0.3, -0.25) is 9.59 Å². The molecule has 0 saturated heterocycles. The first-order chi connectivity index (χ1) is 11.9. The van der Waals surface area contributed by atoms with Gasteiger partial charge in [-0.05, 0) is 63.2 Å². The summed E-state index contributed by atoms with van der Waals surface area (Å²) in [5, 5.41) is 0. The molecule has 1 fully saturated rings. The van der Waals surface area contributed by atoms with Crippen molar-refractivity contribution in [2.45, 2.75) is 47.5 Å². The minimum Gasteiger partial charge on any atom is -0.465 e. The molecule has 0 aromatic heterocycles. The molecule has 136 valence electrons. The Morgan fingerprint density at radius 3 is 2.20 bits per heavy atom. The summed E-state index contributed by atoms with van der Waals surface area (Å²) in [7, 11) is 0. The van der Waals surface area contributed by atoms with E-state index >= 15 is 0 Å². The summed E-state index contributed by atoms with van der Waals surface area (Å²) in [6.07, 6.45) is 0.801. The second-order valence-electron chi connectivity index (χ2n) is 6.77. The van der Waals surface area contributed by atoms with Gasteiger partial charge in [0, 0.05) is 0 Å². The molecule has 0 radical (unpaired) electrons. The molecule has 1 saturated carbocycles. The molecule has 1 atom stereocenters.